The van der Waals surface area contributed by atoms with Crippen LogP contribution >= 0.6 is 11.6 Å². The second-order valence-corrected chi connectivity index (χ2v) is 6.87. The lowest BCUT2D eigenvalue weighted by molar-refractivity contribution is 0.340. The van der Waals surface area contributed by atoms with E-state index >= 15 is 0 Å². The molecular formula is C21H24ClN3O. The third-order valence-electron chi connectivity index (χ3n) is 4.73. The van der Waals surface area contributed by atoms with E-state index in [4.69, 9.17) is 21.6 Å². The molecule has 0 unspecified atom stereocenters. The van der Waals surface area contributed by atoms with Gasteiger partial charge in [0.2, 0.25) is 0 Å². The van der Waals surface area contributed by atoms with Crippen molar-refractivity contribution in [3.05, 3.63) is 58.6 Å². The van der Waals surface area contributed by atoms with Crippen LogP contribution in [0.25, 0.3) is 0 Å². The number of hydrogen-bond acceptors (Lipinski definition) is 4. The number of rotatable bonds is 6. The van der Waals surface area contributed by atoms with Crippen molar-refractivity contribution in [3.63, 3.8) is 0 Å². The molecule has 0 radical (unpaired) electrons. The predicted molar refractivity (Wildman–Crippen MR) is 106 cm³/mol. The van der Waals surface area contributed by atoms with Crippen molar-refractivity contribution in [1.29, 1.82) is 5.26 Å². The second-order valence-electron chi connectivity index (χ2n) is 6.47. The van der Waals surface area contributed by atoms with Crippen molar-refractivity contribution in [2.24, 2.45) is 0 Å². The van der Waals surface area contributed by atoms with E-state index in [1.54, 1.807) is 0 Å². The molecule has 0 aromatic heterocycles. The largest absolute Gasteiger partial charge is 0.492 e. The smallest absolute Gasteiger partial charge is 0.138 e. The SMILES string of the molecule is CCOc1cc(CN(c2ccc(C#N)cc2)C2CCNCC2)ccc1Cl. The quantitative estimate of drug-likeness (QED) is 0.821. The van der Waals surface area contributed by atoms with E-state index in [1.807, 2.05) is 43.3 Å². The number of ether oxygens (including phenoxy) is 1. The first-order valence-corrected chi connectivity index (χ1v) is 9.48. The van der Waals surface area contributed by atoms with Gasteiger partial charge in [0.15, 0.2) is 0 Å². The lowest BCUT2D eigenvalue weighted by Crippen LogP contribution is -2.43. The minimum Gasteiger partial charge on any atom is -0.492 e. The van der Waals surface area contributed by atoms with Crippen LogP contribution in [0.5, 0.6) is 5.75 Å². The molecule has 0 saturated carbocycles. The summed E-state index contributed by atoms with van der Waals surface area (Å²) in [4.78, 5) is 2.43. The Bertz CT molecular complexity index is 764. The molecule has 1 saturated heterocycles. The van der Waals surface area contributed by atoms with Crippen LogP contribution in [0.1, 0.15) is 30.9 Å². The van der Waals surface area contributed by atoms with E-state index in [9.17, 15) is 0 Å². The van der Waals surface area contributed by atoms with Gasteiger partial charge >= 0.3 is 0 Å². The normalized spacial score (nSPS) is 14.7. The zero-order chi connectivity index (χ0) is 18.4. The summed E-state index contributed by atoms with van der Waals surface area (Å²) in [5.74, 6) is 0.733. The van der Waals surface area contributed by atoms with Crippen LogP contribution in [0.3, 0.4) is 0 Å². The standard InChI is InChI=1S/C21H24ClN3O/c1-2-26-21-13-17(5-8-20(21)22)15-25(19-9-11-24-12-10-19)18-6-3-16(14-23)4-7-18/h3-8,13,19,24H,2,9-12,15H2,1H3. The van der Waals surface area contributed by atoms with Crippen molar-refractivity contribution < 1.29 is 4.74 Å². The van der Waals surface area contributed by atoms with E-state index in [-0.39, 0.29) is 0 Å². The Balaban J connectivity index is 1.87. The molecule has 136 valence electrons. The molecule has 5 heteroatoms. The highest BCUT2D eigenvalue weighted by atomic mass is 35.5. The average molecular weight is 370 g/mol. The maximum Gasteiger partial charge on any atom is 0.138 e. The molecule has 4 nitrogen and oxygen atoms in total. The number of nitrogens with one attached hydrogen (secondary N) is 1. The summed E-state index contributed by atoms with van der Waals surface area (Å²) >= 11 is 6.23. The number of halogens is 1. The Morgan fingerprint density at radius 2 is 1.92 bits per heavy atom. The topological polar surface area (TPSA) is 48.3 Å². The Kier molecular flexibility index (Phi) is 6.38. The summed E-state index contributed by atoms with van der Waals surface area (Å²) in [5, 5.41) is 13.1. The molecule has 1 aliphatic rings. The fourth-order valence-corrected chi connectivity index (χ4v) is 3.56. The van der Waals surface area contributed by atoms with Crippen molar-refractivity contribution in [2.75, 3.05) is 24.6 Å². The maximum atomic E-state index is 9.06. The lowest BCUT2D eigenvalue weighted by Gasteiger charge is -2.36. The van der Waals surface area contributed by atoms with Crippen molar-refractivity contribution >= 4 is 17.3 Å². The molecule has 3 rings (SSSR count). The van der Waals surface area contributed by atoms with Gasteiger partial charge in [0.1, 0.15) is 5.75 Å². The van der Waals surface area contributed by atoms with Crippen molar-refractivity contribution in [1.82, 2.24) is 5.32 Å². The highest BCUT2D eigenvalue weighted by Gasteiger charge is 2.22. The first kappa shape index (κ1) is 18.6. The number of anilines is 1. The van der Waals surface area contributed by atoms with Gasteiger partial charge in [-0.2, -0.15) is 5.26 Å². The third kappa shape index (κ3) is 4.49. The van der Waals surface area contributed by atoms with E-state index < -0.39 is 0 Å². The van der Waals surface area contributed by atoms with Gasteiger partial charge in [-0.3, -0.25) is 0 Å². The summed E-state index contributed by atoms with van der Waals surface area (Å²) in [6, 6.07) is 16.5. The molecule has 26 heavy (non-hydrogen) atoms. The number of piperidine rings is 1. The molecule has 0 spiro atoms. The first-order valence-electron chi connectivity index (χ1n) is 9.10. The van der Waals surface area contributed by atoms with Gasteiger partial charge < -0.3 is 15.0 Å². The van der Waals surface area contributed by atoms with Crippen LogP contribution in [0.4, 0.5) is 5.69 Å². The summed E-state index contributed by atoms with van der Waals surface area (Å²) in [6.45, 7) is 5.40. The van der Waals surface area contributed by atoms with Crippen LogP contribution in [0, 0.1) is 11.3 Å². The predicted octanol–water partition coefficient (Wildman–Crippen LogP) is 4.37. The molecular weight excluding hydrogens is 346 g/mol. The zero-order valence-electron chi connectivity index (χ0n) is 15.0. The van der Waals surface area contributed by atoms with Crippen LogP contribution in [0.15, 0.2) is 42.5 Å². The molecule has 0 aliphatic carbocycles. The number of nitriles is 1. The minimum absolute atomic E-state index is 0.468. The Morgan fingerprint density at radius 1 is 1.19 bits per heavy atom. The van der Waals surface area contributed by atoms with Gasteiger partial charge in [-0.1, -0.05) is 17.7 Å². The molecule has 1 N–H and O–H groups in total. The average Bonchev–Trinajstić information content (AvgIpc) is 2.69. The van der Waals surface area contributed by atoms with E-state index in [2.05, 4.69) is 22.4 Å². The third-order valence-corrected chi connectivity index (χ3v) is 5.04. The van der Waals surface area contributed by atoms with Crippen molar-refractivity contribution in [2.45, 2.75) is 32.4 Å². The summed E-state index contributed by atoms with van der Waals surface area (Å²) in [7, 11) is 0. The van der Waals surface area contributed by atoms with E-state index in [1.165, 1.54) is 5.56 Å². The van der Waals surface area contributed by atoms with Crippen LogP contribution < -0.4 is 15.0 Å². The zero-order valence-corrected chi connectivity index (χ0v) is 15.8. The lowest BCUT2D eigenvalue weighted by atomic mass is 10.0. The van der Waals surface area contributed by atoms with Crippen LogP contribution in [-0.2, 0) is 6.54 Å². The Labute approximate surface area is 160 Å². The Morgan fingerprint density at radius 3 is 2.58 bits per heavy atom. The molecule has 1 heterocycles. The molecule has 1 fully saturated rings. The summed E-state index contributed by atoms with van der Waals surface area (Å²) in [6.07, 6.45) is 2.21. The number of benzene rings is 2. The first-order chi connectivity index (χ1) is 12.7. The maximum absolute atomic E-state index is 9.06. The van der Waals surface area contributed by atoms with Crippen molar-refractivity contribution in [3.8, 4) is 11.8 Å². The minimum atomic E-state index is 0.468. The monoisotopic (exact) mass is 369 g/mol. The van der Waals surface area contributed by atoms with Crippen LogP contribution in [0.2, 0.25) is 5.02 Å². The van der Waals surface area contributed by atoms with Gasteiger partial charge in [-0.25, -0.2) is 0 Å². The summed E-state index contributed by atoms with van der Waals surface area (Å²) in [5.41, 5.74) is 2.99. The number of hydrogen-bond donors (Lipinski definition) is 1. The highest BCUT2D eigenvalue weighted by Crippen LogP contribution is 2.29. The van der Waals surface area contributed by atoms with E-state index in [0.717, 1.165) is 43.9 Å². The molecule has 0 bridgehead atoms. The molecule has 1 aliphatic heterocycles. The molecule has 2 aromatic carbocycles. The number of nitrogens with zero attached hydrogens (tertiary/aromatic N) is 2. The Hall–Kier alpha value is -2.22. The van der Waals surface area contributed by atoms with Gasteiger partial charge in [-0.15, -0.1) is 0 Å². The second kappa shape index (κ2) is 8.93. The van der Waals surface area contributed by atoms with E-state index in [0.29, 0.717) is 23.2 Å². The molecule has 0 atom stereocenters. The molecule has 2 aromatic rings. The fraction of sp³-hybridized carbons (Fsp3) is 0.381. The van der Waals surface area contributed by atoms with Crippen LogP contribution in [-0.4, -0.2) is 25.7 Å². The highest BCUT2D eigenvalue weighted by molar-refractivity contribution is 6.32. The molecule has 0 amide bonds. The van der Waals surface area contributed by atoms with Gasteiger partial charge in [0, 0.05) is 18.3 Å². The van der Waals surface area contributed by atoms with Gasteiger partial charge in [0.05, 0.1) is 23.3 Å². The van der Waals surface area contributed by atoms with Gasteiger partial charge in [-0.05, 0) is 74.8 Å². The van der Waals surface area contributed by atoms with Gasteiger partial charge in [0.25, 0.3) is 0 Å². The summed E-state index contributed by atoms with van der Waals surface area (Å²) < 4.78 is 5.64. The fourth-order valence-electron chi connectivity index (χ4n) is 3.39.